The molecule has 0 fully saturated rings. The van der Waals surface area contributed by atoms with Gasteiger partial charge in [-0.05, 0) is 6.54 Å². The fourth-order valence-electron chi connectivity index (χ4n) is 1.24. The summed E-state index contributed by atoms with van der Waals surface area (Å²) in [4.78, 5) is 4.30. The third-order valence-corrected chi connectivity index (χ3v) is 2.01. The van der Waals surface area contributed by atoms with Crippen LogP contribution in [0.4, 0.5) is 0 Å². The van der Waals surface area contributed by atoms with Gasteiger partial charge in [-0.25, -0.2) is 4.98 Å². The first-order chi connectivity index (χ1) is 6.86. The maximum atomic E-state index is 5.19. The monoisotopic (exact) mass is 191 g/mol. The molecule has 0 aliphatic rings. The highest BCUT2D eigenvalue weighted by molar-refractivity contribution is 4.98. The van der Waals surface area contributed by atoms with Gasteiger partial charge >= 0.3 is 0 Å². The van der Waals surface area contributed by atoms with Crippen LogP contribution in [0.2, 0.25) is 0 Å². The number of hydrogen-bond donors (Lipinski definition) is 1. The largest absolute Gasteiger partial charge is 0.336 e. The van der Waals surface area contributed by atoms with E-state index < -0.39 is 0 Å². The molecule has 1 aromatic rings. The van der Waals surface area contributed by atoms with Crippen molar-refractivity contribution >= 4 is 0 Å². The Hall–Kier alpha value is -1.27. The molecule has 0 aliphatic heterocycles. The molecule has 14 heavy (non-hydrogen) atoms. The van der Waals surface area contributed by atoms with Crippen LogP contribution in [-0.2, 0) is 13.0 Å². The molecule has 0 amide bonds. The second-order valence-electron chi connectivity index (χ2n) is 3.16. The molecule has 0 atom stereocenters. The number of hydrogen-bond acceptors (Lipinski definition) is 2. The standard InChI is InChI=1S/C11H17N3/c1-3-5-8-14-9-11(13-10-14)6-7-12-4-2/h1,9-10,12H,4-8H2,2H3. The van der Waals surface area contributed by atoms with Crippen LogP contribution in [0.25, 0.3) is 0 Å². The van der Waals surface area contributed by atoms with Crippen molar-refractivity contribution in [3.8, 4) is 12.3 Å². The van der Waals surface area contributed by atoms with Crippen LogP contribution < -0.4 is 5.32 Å². The SMILES string of the molecule is C#CCCn1cnc(CCNCC)c1. The Bertz CT molecular complexity index is 296. The number of rotatable bonds is 6. The van der Waals surface area contributed by atoms with Crippen molar-refractivity contribution in [3.63, 3.8) is 0 Å². The van der Waals surface area contributed by atoms with E-state index in [0.29, 0.717) is 0 Å². The molecule has 1 aromatic heterocycles. The zero-order valence-electron chi connectivity index (χ0n) is 8.66. The van der Waals surface area contributed by atoms with Gasteiger partial charge in [0, 0.05) is 32.1 Å². The zero-order chi connectivity index (χ0) is 10.2. The van der Waals surface area contributed by atoms with E-state index in [9.17, 15) is 0 Å². The molecule has 0 spiro atoms. The van der Waals surface area contributed by atoms with Crippen LogP contribution in [-0.4, -0.2) is 22.6 Å². The van der Waals surface area contributed by atoms with Gasteiger partial charge in [0.15, 0.2) is 0 Å². The van der Waals surface area contributed by atoms with E-state index in [0.717, 1.165) is 38.2 Å². The number of nitrogens with one attached hydrogen (secondary N) is 1. The van der Waals surface area contributed by atoms with Gasteiger partial charge in [-0.2, -0.15) is 0 Å². The highest BCUT2D eigenvalue weighted by Crippen LogP contribution is 1.97. The van der Waals surface area contributed by atoms with E-state index in [1.54, 1.807) is 0 Å². The third kappa shape index (κ3) is 3.63. The van der Waals surface area contributed by atoms with Crippen molar-refractivity contribution in [1.29, 1.82) is 0 Å². The molecule has 0 radical (unpaired) electrons. The Morgan fingerprint density at radius 2 is 2.50 bits per heavy atom. The molecule has 3 nitrogen and oxygen atoms in total. The lowest BCUT2D eigenvalue weighted by Crippen LogP contribution is -2.16. The lowest BCUT2D eigenvalue weighted by atomic mass is 10.3. The Morgan fingerprint density at radius 3 is 3.21 bits per heavy atom. The van der Waals surface area contributed by atoms with E-state index in [-0.39, 0.29) is 0 Å². The summed E-state index contributed by atoms with van der Waals surface area (Å²) in [6, 6.07) is 0. The van der Waals surface area contributed by atoms with E-state index in [4.69, 9.17) is 6.42 Å². The minimum absolute atomic E-state index is 0.767. The van der Waals surface area contributed by atoms with Crippen molar-refractivity contribution in [1.82, 2.24) is 14.9 Å². The predicted molar refractivity (Wildman–Crippen MR) is 57.9 cm³/mol. The van der Waals surface area contributed by atoms with Gasteiger partial charge in [-0.3, -0.25) is 0 Å². The summed E-state index contributed by atoms with van der Waals surface area (Å²) in [6.45, 7) is 4.97. The second-order valence-corrected chi connectivity index (χ2v) is 3.16. The number of aryl methyl sites for hydroxylation is 1. The van der Waals surface area contributed by atoms with Crippen LogP contribution in [0.3, 0.4) is 0 Å². The molecule has 0 aliphatic carbocycles. The van der Waals surface area contributed by atoms with Gasteiger partial charge < -0.3 is 9.88 Å². The highest BCUT2D eigenvalue weighted by atomic mass is 15.0. The molecular formula is C11H17N3. The van der Waals surface area contributed by atoms with Crippen molar-refractivity contribution in [2.24, 2.45) is 0 Å². The Labute approximate surface area is 85.5 Å². The van der Waals surface area contributed by atoms with Gasteiger partial charge in [0.2, 0.25) is 0 Å². The lowest BCUT2D eigenvalue weighted by molar-refractivity contribution is 0.703. The van der Waals surface area contributed by atoms with Crippen LogP contribution in [0.1, 0.15) is 19.0 Å². The molecule has 1 heterocycles. The van der Waals surface area contributed by atoms with Crippen LogP contribution in [0.5, 0.6) is 0 Å². The molecule has 0 aromatic carbocycles. The summed E-state index contributed by atoms with van der Waals surface area (Å²) in [6.07, 6.45) is 10.8. The van der Waals surface area contributed by atoms with Gasteiger partial charge in [0.1, 0.15) is 0 Å². The molecule has 76 valence electrons. The van der Waals surface area contributed by atoms with Crippen LogP contribution in [0.15, 0.2) is 12.5 Å². The van der Waals surface area contributed by atoms with E-state index in [2.05, 4.69) is 29.3 Å². The summed E-state index contributed by atoms with van der Waals surface area (Å²) >= 11 is 0. The number of aromatic nitrogens is 2. The zero-order valence-corrected chi connectivity index (χ0v) is 8.66. The predicted octanol–water partition coefficient (Wildman–Crippen LogP) is 1.06. The lowest BCUT2D eigenvalue weighted by Gasteiger charge is -1.98. The van der Waals surface area contributed by atoms with Crippen molar-refractivity contribution in [2.75, 3.05) is 13.1 Å². The first kappa shape index (κ1) is 10.8. The minimum Gasteiger partial charge on any atom is -0.336 e. The molecule has 3 heteroatoms. The fourth-order valence-corrected chi connectivity index (χ4v) is 1.24. The molecule has 0 saturated heterocycles. The average Bonchev–Trinajstić information content (AvgIpc) is 2.63. The van der Waals surface area contributed by atoms with Crippen molar-refractivity contribution in [3.05, 3.63) is 18.2 Å². The van der Waals surface area contributed by atoms with Crippen molar-refractivity contribution in [2.45, 2.75) is 26.3 Å². The normalized spacial score (nSPS) is 10.0. The number of likely N-dealkylation sites (N-methyl/N-ethyl adjacent to an activating group) is 1. The topological polar surface area (TPSA) is 29.9 Å². The van der Waals surface area contributed by atoms with E-state index in [1.165, 1.54) is 0 Å². The Kier molecular flexibility index (Phi) is 4.81. The van der Waals surface area contributed by atoms with Gasteiger partial charge in [-0.1, -0.05) is 6.92 Å². The summed E-state index contributed by atoms with van der Waals surface area (Å²) in [7, 11) is 0. The molecule has 1 rings (SSSR count). The quantitative estimate of drug-likeness (QED) is 0.538. The maximum absolute atomic E-state index is 5.19. The average molecular weight is 191 g/mol. The molecule has 0 unspecified atom stereocenters. The fraction of sp³-hybridized carbons (Fsp3) is 0.545. The molecular weight excluding hydrogens is 174 g/mol. The van der Waals surface area contributed by atoms with Gasteiger partial charge in [0.05, 0.1) is 12.0 Å². The van der Waals surface area contributed by atoms with E-state index >= 15 is 0 Å². The maximum Gasteiger partial charge on any atom is 0.0949 e. The van der Waals surface area contributed by atoms with Gasteiger partial charge in [0.25, 0.3) is 0 Å². The van der Waals surface area contributed by atoms with Crippen molar-refractivity contribution < 1.29 is 0 Å². The first-order valence-corrected chi connectivity index (χ1v) is 5.01. The van der Waals surface area contributed by atoms with Crippen LogP contribution in [0, 0.1) is 12.3 Å². The second kappa shape index (κ2) is 6.22. The third-order valence-electron chi connectivity index (χ3n) is 2.01. The summed E-state index contributed by atoms with van der Waals surface area (Å²) in [5.41, 5.74) is 1.13. The van der Waals surface area contributed by atoms with Gasteiger partial charge in [-0.15, -0.1) is 12.3 Å². The Balaban J connectivity index is 2.32. The number of terminal acetylenes is 1. The number of imidazole rings is 1. The van der Waals surface area contributed by atoms with E-state index in [1.807, 2.05) is 10.9 Å². The van der Waals surface area contributed by atoms with Crippen LogP contribution >= 0.6 is 0 Å². The molecule has 1 N–H and O–H groups in total. The molecule has 0 bridgehead atoms. The minimum atomic E-state index is 0.767. The smallest absolute Gasteiger partial charge is 0.0949 e. The first-order valence-electron chi connectivity index (χ1n) is 5.01. The Morgan fingerprint density at radius 1 is 1.64 bits per heavy atom. The highest BCUT2D eigenvalue weighted by Gasteiger charge is 1.97. The summed E-state index contributed by atoms with van der Waals surface area (Å²) < 4.78 is 2.04. The number of nitrogens with zero attached hydrogens (tertiary/aromatic N) is 2. The summed E-state index contributed by atoms with van der Waals surface area (Å²) in [5.74, 6) is 2.62. The summed E-state index contributed by atoms with van der Waals surface area (Å²) in [5, 5.41) is 3.27. The molecule has 0 saturated carbocycles.